The highest BCUT2D eigenvalue weighted by atomic mass is 35.5. The number of urea groups is 1. The smallest absolute Gasteiger partial charge is 0.325 e. The molecular formula is C20H19Cl2N3O3. The van der Waals surface area contributed by atoms with Gasteiger partial charge in [0.15, 0.2) is 0 Å². The zero-order valence-corrected chi connectivity index (χ0v) is 16.9. The van der Waals surface area contributed by atoms with Gasteiger partial charge in [-0.05, 0) is 24.6 Å². The normalized spacial score (nSPS) is 18.9. The van der Waals surface area contributed by atoms with E-state index in [1.54, 1.807) is 26.1 Å². The van der Waals surface area contributed by atoms with Gasteiger partial charge in [0.1, 0.15) is 12.1 Å². The van der Waals surface area contributed by atoms with Crippen molar-refractivity contribution in [1.82, 2.24) is 15.1 Å². The van der Waals surface area contributed by atoms with Gasteiger partial charge in [-0.25, -0.2) is 4.79 Å². The number of rotatable bonds is 5. The molecule has 0 aromatic heterocycles. The number of carbonyl (C=O) groups excluding carboxylic acids is 3. The van der Waals surface area contributed by atoms with Crippen LogP contribution in [0.5, 0.6) is 0 Å². The molecule has 6 nitrogen and oxygen atoms in total. The van der Waals surface area contributed by atoms with Crippen molar-refractivity contribution in [2.45, 2.75) is 19.0 Å². The Balaban J connectivity index is 1.75. The van der Waals surface area contributed by atoms with Crippen LogP contribution in [0.4, 0.5) is 4.79 Å². The Labute approximate surface area is 173 Å². The summed E-state index contributed by atoms with van der Waals surface area (Å²) in [6.45, 7) is 1.58. The largest absolute Gasteiger partial charge is 0.340 e. The van der Waals surface area contributed by atoms with E-state index in [2.05, 4.69) is 5.32 Å². The molecule has 0 radical (unpaired) electrons. The molecule has 8 heteroatoms. The molecule has 1 atom stereocenters. The summed E-state index contributed by atoms with van der Waals surface area (Å²) >= 11 is 12.1. The monoisotopic (exact) mass is 419 g/mol. The van der Waals surface area contributed by atoms with Gasteiger partial charge in [0.2, 0.25) is 5.91 Å². The van der Waals surface area contributed by atoms with Crippen molar-refractivity contribution in [3.8, 4) is 0 Å². The standard InChI is InChI=1S/C20H19Cl2N3O3/c1-20(15-9-8-14(21)10-16(15)22)18(27)25(19(28)23-20)12-17(26)24(2)11-13-6-4-3-5-7-13/h3-10H,11-12H2,1-2H3,(H,23,28)/t20-/m0/s1. The number of hydrogen-bond acceptors (Lipinski definition) is 3. The minimum Gasteiger partial charge on any atom is -0.340 e. The second-order valence-electron chi connectivity index (χ2n) is 6.81. The fourth-order valence-electron chi connectivity index (χ4n) is 3.12. The predicted molar refractivity (Wildman–Crippen MR) is 107 cm³/mol. The van der Waals surface area contributed by atoms with Crippen LogP contribution < -0.4 is 5.32 Å². The molecule has 28 heavy (non-hydrogen) atoms. The number of halogens is 2. The van der Waals surface area contributed by atoms with Gasteiger partial charge in [-0.3, -0.25) is 14.5 Å². The summed E-state index contributed by atoms with van der Waals surface area (Å²) in [5.74, 6) is -0.887. The molecule has 2 aromatic rings. The van der Waals surface area contributed by atoms with Crippen molar-refractivity contribution in [3.05, 3.63) is 69.7 Å². The van der Waals surface area contributed by atoms with Gasteiger partial charge in [-0.2, -0.15) is 0 Å². The topological polar surface area (TPSA) is 69.7 Å². The van der Waals surface area contributed by atoms with E-state index in [-0.39, 0.29) is 17.5 Å². The van der Waals surface area contributed by atoms with E-state index in [0.717, 1.165) is 10.5 Å². The van der Waals surface area contributed by atoms with Crippen molar-refractivity contribution in [3.63, 3.8) is 0 Å². The van der Waals surface area contributed by atoms with Crippen molar-refractivity contribution < 1.29 is 14.4 Å². The number of benzene rings is 2. The first-order chi connectivity index (χ1) is 13.2. The molecule has 4 amide bonds. The predicted octanol–water partition coefficient (Wildman–Crippen LogP) is 3.42. The van der Waals surface area contributed by atoms with E-state index < -0.39 is 17.5 Å². The first kappa shape index (κ1) is 20.2. The van der Waals surface area contributed by atoms with E-state index >= 15 is 0 Å². The van der Waals surface area contributed by atoms with Gasteiger partial charge >= 0.3 is 6.03 Å². The van der Waals surface area contributed by atoms with Crippen molar-refractivity contribution in [1.29, 1.82) is 0 Å². The minimum atomic E-state index is -1.36. The molecule has 0 saturated carbocycles. The van der Waals surface area contributed by atoms with Gasteiger partial charge in [-0.15, -0.1) is 0 Å². The molecule has 0 spiro atoms. The molecule has 3 rings (SSSR count). The number of nitrogens with zero attached hydrogens (tertiary/aromatic N) is 2. The molecule has 1 fully saturated rings. The fraction of sp³-hybridized carbons (Fsp3) is 0.250. The molecule has 0 unspecified atom stereocenters. The molecule has 1 N–H and O–H groups in total. The zero-order valence-electron chi connectivity index (χ0n) is 15.4. The molecule has 1 aliphatic rings. The van der Waals surface area contributed by atoms with Crippen molar-refractivity contribution in [2.24, 2.45) is 0 Å². The number of nitrogens with one attached hydrogen (secondary N) is 1. The highest BCUT2D eigenvalue weighted by Gasteiger charge is 2.50. The van der Waals surface area contributed by atoms with E-state index in [4.69, 9.17) is 23.2 Å². The fourth-order valence-corrected chi connectivity index (χ4v) is 3.72. The number of imide groups is 1. The van der Waals surface area contributed by atoms with Crippen LogP contribution in [0, 0.1) is 0 Å². The minimum absolute atomic E-state index is 0.262. The lowest BCUT2D eigenvalue weighted by molar-refractivity contribution is -0.138. The Morgan fingerprint density at radius 3 is 2.46 bits per heavy atom. The van der Waals surface area contributed by atoms with E-state index in [0.29, 0.717) is 17.1 Å². The first-order valence-corrected chi connectivity index (χ1v) is 9.35. The SMILES string of the molecule is CN(Cc1ccccc1)C(=O)CN1C(=O)N[C@@](C)(c2ccc(Cl)cc2Cl)C1=O. The molecule has 2 aromatic carbocycles. The van der Waals surface area contributed by atoms with Gasteiger partial charge in [0, 0.05) is 29.2 Å². The summed E-state index contributed by atoms with van der Waals surface area (Å²) in [7, 11) is 1.63. The Morgan fingerprint density at radius 1 is 1.14 bits per heavy atom. The Morgan fingerprint density at radius 2 is 1.82 bits per heavy atom. The van der Waals surface area contributed by atoms with Crippen LogP contribution in [0.1, 0.15) is 18.1 Å². The number of hydrogen-bond donors (Lipinski definition) is 1. The first-order valence-electron chi connectivity index (χ1n) is 8.60. The lowest BCUT2D eigenvalue weighted by Gasteiger charge is -2.24. The molecule has 146 valence electrons. The highest BCUT2D eigenvalue weighted by molar-refractivity contribution is 6.35. The highest BCUT2D eigenvalue weighted by Crippen LogP contribution is 2.34. The van der Waals surface area contributed by atoms with Crippen LogP contribution >= 0.6 is 23.2 Å². The van der Waals surface area contributed by atoms with Gasteiger partial charge in [0.25, 0.3) is 5.91 Å². The van der Waals surface area contributed by atoms with Gasteiger partial charge in [-0.1, -0.05) is 59.6 Å². The Kier molecular flexibility index (Phi) is 5.63. The zero-order chi connectivity index (χ0) is 20.5. The third-order valence-electron chi connectivity index (χ3n) is 4.73. The van der Waals surface area contributed by atoms with Crippen LogP contribution in [0.15, 0.2) is 48.5 Å². The summed E-state index contributed by atoms with van der Waals surface area (Å²) in [4.78, 5) is 40.3. The second-order valence-corrected chi connectivity index (χ2v) is 7.65. The number of amides is 4. The van der Waals surface area contributed by atoms with Gasteiger partial charge in [0.05, 0.1) is 0 Å². The van der Waals surface area contributed by atoms with Crippen molar-refractivity contribution >= 4 is 41.0 Å². The van der Waals surface area contributed by atoms with E-state index in [1.165, 1.54) is 11.0 Å². The molecular weight excluding hydrogens is 401 g/mol. The number of likely N-dealkylation sites (N-methyl/N-ethyl adjacent to an activating group) is 1. The maximum Gasteiger partial charge on any atom is 0.325 e. The average Bonchev–Trinajstić information content (AvgIpc) is 2.86. The molecule has 1 heterocycles. The average molecular weight is 420 g/mol. The Bertz CT molecular complexity index is 936. The molecule has 1 saturated heterocycles. The maximum atomic E-state index is 13.0. The number of carbonyl (C=O) groups is 3. The summed E-state index contributed by atoms with van der Waals surface area (Å²) in [5, 5.41) is 3.32. The third kappa shape index (κ3) is 3.84. The van der Waals surface area contributed by atoms with Crippen LogP contribution in [-0.4, -0.2) is 41.2 Å². The molecule has 1 aliphatic heterocycles. The van der Waals surface area contributed by atoms with Crippen LogP contribution in [0.25, 0.3) is 0 Å². The second kappa shape index (κ2) is 7.81. The quantitative estimate of drug-likeness (QED) is 0.754. The van der Waals surface area contributed by atoms with Gasteiger partial charge < -0.3 is 10.2 Å². The van der Waals surface area contributed by atoms with Crippen molar-refractivity contribution in [2.75, 3.05) is 13.6 Å². The third-order valence-corrected chi connectivity index (χ3v) is 5.27. The van der Waals surface area contributed by atoms with E-state index in [1.807, 2.05) is 30.3 Å². The summed E-state index contributed by atoms with van der Waals surface area (Å²) in [5.41, 5.74) is 0.00895. The molecule has 0 bridgehead atoms. The van der Waals surface area contributed by atoms with Crippen LogP contribution in [-0.2, 0) is 21.7 Å². The summed E-state index contributed by atoms with van der Waals surface area (Å²) in [6, 6.07) is 13.5. The Hall–Kier alpha value is -2.57. The van der Waals surface area contributed by atoms with Crippen LogP contribution in [0.2, 0.25) is 10.0 Å². The summed E-state index contributed by atoms with van der Waals surface area (Å²) in [6.07, 6.45) is 0. The summed E-state index contributed by atoms with van der Waals surface area (Å²) < 4.78 is 0. The lowest BCUT2D eigenvalue weighted by atomic mass is 9.92. The maximum absolute atomic E-state index is 13.0. The van der Waals surface area contributed by atoms with Crippen LogP contribution in [0.3, 0.4) is 0 Å². The lowest BCUT2D eigenvalue weighted by Crippen LogP contribution is -2.43. The molecule has 0 aliphatic carbocycles. The van der Waals surface area contributed by atoms with E-state index in [9.17, 15) is 14.4 Å².